The summed E-state index contributed by atoms with van der Waals surface area (Å²) >= 11 is 0. The molecular weight excluding hydrogens is 270 g/mol. The van der Waals surface area contributed by atoms with Crippen molar-refractivity contribution in [2.75, 3.05) is 0 Å². The predicted molar refractivity (Wildman–Crippen MR) is 89.1 cm³/mol. The van der Waals surface area contributed by atoms with E-state index >= 15 is 0 Å². The first-order valence-electron chi connectivity index (χ1n) is 8.13. The highest BCUT2D eigenvalue weighted by Crippen LogP contribution is 2.50. The molecule has 2 aromatic rings. The lowest BCUT2D eigenvalue weighted by molar-refractivity contribution is -0.0757. The Labute approximate surface area is 131 Å². The number of nitrogens with zero attached hydrogens (tertiary/aromatic N) is 1. The van der Waals surface area contributed by atoms with Gasteiger partial charge in [-0.15, -0.1) is 0 Å². The van der Waals surface area contributed by atoms with Crippen LogP contribution in [0.3, 0.4) is 0 Å². The second-order valence-corrected chi connectivity index (χ2v) is 6.38. The Hall–Kier alpha value is -1.93. The molecular formula is C20H21NO. The van der Waals surface area contributed by atoms with Gasteiger partial charge in [0.25, 0.3) is 0 Å². The van der Waals surface area contributed by atoms with Crippen molar-refractivity contribution in [2.24, 2.45) is 4.99 Å². The summed E-state index contributed by atoms with van der Waals surface area (Å²) in [5.74, 6) is 0. The van der Waals surface area contributed by atoms with E-state index in [0.29, 0.717) is 0 Å². The molecule has 0 unspecified atom stereocenters. The maximum absolute atomic E-state index is 6.78. The van der Waals surface area contributed by atoms with Gasteiger partial charge in [0.05, 0.1) is 0 Å². The Kier molecular flexibility index (Phi) is 3.16. The lowest BCUT2D eigenvalue weighted by atomic mass is 9.94. The van der Waals surface area contributed by atoms with Crippen molar-refractivity contribution in [1.82, 2.24) is 0 Å². The van der Waals surface area contributed by atoms with Crippen LogP contribution in [-0.2, 0) is 10.5 Å². The summed E-state index contributed by atoms with van der Waals surface area (Å²) in [6, 6.07) is 20.8. The Morgan fingerprint density at radius 1 is 0.818 bits per heavy atom. The molecule has 2 aliphatic rings. The first kappa shape index (κ1) is 13.7. The molecule has 2 aromatic carbocycles. The van der Waals surface area contributed by atoms with Crippen LogP contribution in [0.25, 0.3) is 0 Å². The molecule has 112 valence electrons. The van der Waals surface area contributed by atoms with Gasteiger partial charge in [-0.1, -0.05) is 73.5 Å². The first-order chi connectivity index (χ1) is 10.8. The summed E-state index contributed by atoms with van der Waals surface area (Å²) in [7, 11) is 0. The van der Waals surface area contributed by atoms with Gasteiger partial charge < -0.3 is 4.74 Å². The average molecular weight is 291 g/mol. The van der Waals surface area contributed by atoms with Crippen molar-refractivity contribution in [3.05, 3.63) is 71.8 Å². The number of rotatable bonds is 2. The smallest absolute Gasteiger partial charge is 0.212 e. The van der Waals surface area contributed by atoms with E-state index in [1.165, 1.54) is 12.8 Å². The lowest BCUT2D eigenvalue weighted by Gasteiger charge is -2.33. The van der Waals surface area contributed by atoms with E-state index in [4.69, 9.17) is 9.73 Å². The summed E-state index contributed by atoms with van der Waals surface area (Å²) in [5, 5.41) is 0. The van der Waals surface area contributed by atoms with Gasteiger partial charge in [0.1, 0.15) is 5.60 Å². The molecule has 22 heavy (non-hydrogen) atoms. The summed E-state index contributed by atoms with van der Waals surface area (Å²) in [6.45, 7) is 2.14. The Bertz CT molecular complexity index is 645. The molecule has 0 saturated heterocycles. The predicted octanol–water partition coefficient (Wildman–Crippen LogP) is 4.69. The number of aliphatic imine (C=N–C) groups is 1. The zero-order valence-electron chi connectivity index (χ0n) is 13.0. The highest BCUT2D eigenvalue weighted by molar-refractivity contribution is 5.93. The minimum Gasteiger partial charge on any atom is -0.333 e. The molecule has 0 N–H and O–H groups in total. The van der Waals surface area contributed by atoms with Gasteiger partial charge in [0.2, 0.25) is 5.72 Å². The lowest BCUT2D eigenvalue weighted by Crippen LogP contribution is -2.37. The topological polar surface area (TPSA) is 21.6 Å². The molecule has 0 bridgehead atoms. The van der Waals surface area contributed by atoms with Crippen LogP contribution < -0.4 is 0 Å². The van der Waals surface area contributed by atoms with Crippen molar-refractivity contribution in [2.45, 2.75) is 43.9 Å². The zero-order chi connectivity index (χ0) is 15.0. The van der Waals surface area contributed by atoms with Crippen molar-refractivity contribution in [1.29, 1.82) is 0 Å². The molecule has 1 aliphatic heterocycles. The van der Waals surface area contributed by atoms with Gasteiger partial charge in [-0.2, -0.15) is 0 Å². The molecule has 1 spiro atoms. The Morgan fingerprint density at radius 2 is 1.32 bits per heavy atom. The van der Waals surface area contributed by atoms with Crippen LogP contribution >= 0.6 is 0 Å². The third kappa shape index (κ3) is 1.94. The van der Waals surface area contributed by atoms with E-state index in [0.717, 1.165) is 29.7 Å². The normalized spacial score (nSPS) is 22.0. The Morgan fingerprint density at radius 3 is 1.82 bits per heavy atom. The maximum atomic E-state index is 6.78. The van der Waals surface area contributed by atoms with Crippen LogP contribution in [0.2, 0.25) is 0 Å². The third-order valence-corrected chi connectivity index (χ3v) is 5.07. The quantitative estimate of drug-likeness (QED) is 0.786. The van der Waals surface area contributed by atoms with E-state index in [-0.39, 0.29) is 5.60 Å². The summed E-state index contributed by atoms with van der Waals surface area (Å²) in [6.07, 6.45) is 4.63. The van der Waals surface area contributed by atoms with Crippen LogP contribution in [0.4, 0.5) is 0 Å². The molecule has 1 aliphatic carbocycles. The molecule has 0 amide bonds. The highest BCUT2D eigenvalue weighted by atomic mass is 16.5. The summed E-state index contributed by atoms with van der Waals surface area (Å²) in [4.78, 5) is 5.09. The van der Waals surface area contributed by atoms with E-state index in [2.05, 4.69) is 55.5 Å². The Balaban J connectivity index is 1.89. The molecule has 1 saturated carbocycles. The molecule has 0 radical (unpaired) electrons. The summed E-state index contributed by atoms with van der Waals surface area (Å²) < 4.78 is 6.78. The maximum Gasteiger partial charge on any atom is 0.212 e. The van der Waals surface area contributed by atoms with Gasteiger partial charge >= 0.3 is 0 Å². The van der Waals surface area contributed by atoms with E-state index in [1.54, 1.807) is 0 Å². The number of benzene rings is 2. The van der Waals surface area contributed by atoms with Crippen LogP contribution in [-0.4, -0.2) is 11.3 Å². The molecule has 4 rings (SSSR count). The van der Waals surface area contributed by atoms with Gasteiger partial charge in [0, 0.05) is 16.8 Å². The SMILES string of the molecule is CC1=NC(c2ccccc2)(c2ccccc2)OC12CCCC2. The highest BCUT2D eigenvalue weighted by Gasteiger charge is 2.52. The van der Waals surface area contributed by atoms with Crippen molar-refractivity contribution in [3.63, 3.8) is 0 Å². The molecule has 1 heterocycles. The number of ether oxygens (including phenoxy) is 1. The van der Waals surface area contributed by atoms with Gasteiger partial charge in [0.15, 0.2) is 0 Å². The number of hydrogen-bond acceptors (Lipinski definition) is 2. The fourth-order valence-electron chi connectivity index (χ4n) is 3.87. The molecule has 2 nitrogen and oxygen atoms in total. The van der Waals surface area contributed by atoms with Crippen LogP contribution in [0.5, 0.6) is 0 Å². The standard InChI is InChI=1S/C20H21NO/c1-16-19(14-8-9-15-19)22-20(21-16,17-10-4-2-5-11-17)18-12-6-3-7-13-18/h2-7,10-13H,8-9,14-15H2,1H3. The zero-order valence-corrected chi connectivity index (χ0v) is 13.0. The van der Waals surface area contributed by atoms with Crippen molar-refractivity contribution < 1.29 is 4.74 Å². The molecule has 0 aromatic heterocycles. The fourth-order valence-corrected chi connectivity index (χ4v) is 3.87. The van der Waals surface area contributed by atoms with E-state index in [9.17, 15) is 0 Å². The second kappa shape index (κ2) is 5.06. The van der Waals surface area contributed by atoms with Crippen molar-refractivity contribution in [3.8, 4) is 0 Å². The molecule has 2 heteroatoms. The fraction of sp³-hybridized carbons (Fsp3) is 0.350. The van der Waals surface area contributed by atoms with Gasteiger partial charge in [-0.3, -0.25) is 0 Å². The second-order valence-electron chi connectivity index (χ2n) is 6.38. The third-order valence-electron chi connectivity index (χ3n) is 5.07. The van der Waals surface area contributed by atoms with Crippen LogP contribution in [0.1, 0.15) is 43.7 Å². The minimum atomic E-state index is -0.684. The van der Waals surface area contributed by atoms with Gasteiger partial charge in [-0.05, 0) is 19.8 Å². The van der Waals surface area contributed by atoms with E-state index in [1.807, 2.05) is 12.1 Å². The first-order valence-corrected chi connectivity index (χ1v) is 8.13. The van der Waals surface area contributed by atoms with Crippen LogP contribution in [0, 0.1) is 0 Å². The summed E-state index contributed by atoms with van der Waals surface area (Å²) in [5.41, 5.74) is 2.54. The minimum absolute atomic E-state index is 0.161. The molecule has 0 atom stereocenters. The van der Waals surface area contributed by atoms with Gasteiger partial charge in [-0.25, -0.2) is 4.99 Å². The van der Waals surface area contributed by atoms with Crippen LogP contribution in [0.15, 0.2) is 65.7 Å². The largest absolute Gasteiger partial charge is 0.333 e. The monoisotopic (exact) mass is 291 g/mol. The average Bonchev–Trinajstić information content (AvgIpc) is 3.16. The number of hydrogen-bond donors (Lipinski definition) is 0. The van der Waals surface area contributed by atoms with Crippen molar-refractivity contribution >= 4 is 5.71 Å². The van der Waals surface area contributed by atoms with E-state index < -0.39 is 5.72 Å². The molecule has 1 fully saturated rings.